The van der Waals surface area contributed by atoms with E-state index in [-0.39, 0.29) is 29.7 Å². The Morgan fingerprint density at radius 1 is 1.25 bits per heavy atom. The van der Waals surface area contributed by atoms with Crippen LogP contribution in [-0.4, -0.2) is 49.3 Å². The number of rotatable bonds is 6. The average molecular weight is 284 g/mol. The molecular formula is C14H24N2O4. The van der Waals surface area contributed by atoms with Crippen molar-refractivity contribution in [3.63, 3.8) is 0 Å². The number of carbonyl (C=O) groups is 2. The first-order valence-electron chi connectivity index (χ1n) is 7.45. The lowest BCUT2D eigenvalue weighted by molar-refractivity contribution is -0.143. The lowest BCUT2D eigenvalue weighted by Crippen LogP contribution is -2.45. The van der Waals surface area contributed by atoms with Crippen molar-refractivity contribution in [1.29, 1.82) is 0 Å². The second kappa shape index (κ2) is 7.04. The van der Waals surface area contributed by atoms with Gasteiger partial charge in [0.15, 0.2) is 0 Å². The third-order valence-corrected chi connectivity index (χ3v) is 4.40. The Hall–Kier alpha value is -1.14. The highest BCUT2D eigenvalue weighted by Gasteiger charge is 2.36. The largest absolute Gasteiger partial charge is 0.481 e. The van der Waals surface area contributed by atoms with E-state index in [9.17, 15) is 9.59 Å². The van der Waals surface area contributed by atoms with Crippen LogP contribution in [0.2, 0.25) is 0 Å². The van der Waals surface area contributed by atoms with E-state index in [1.165, 1.54) is 0 Å². The first-order chi connectivity index (χ1) is 9.63. The van der Waals surface area contributed by atoms with Crippen LogP contribution in [-0.2, 0) is 14.3 Å². The van der Waals surface area contributed by atoms with Gasteiger partial charge in [-0.1, -0.05) is 13.3 Å². The van der Waals surface area contributed by atoms with Crippen LogP contribution in [0.15, 0.2) is 0 Å². The monoisotopic (exact) mass is 284 g/mol. The van der Waals surface area contributed by atoms with Crippen LogP contribution in [0.3, 0.4) is 0 Å². The van der Waals surface area contributed by atoms with Gasteiger partial charge in [-0.25, -0.2) is 0 Å². The van der Waals surface area contributed by atoms with Crippen molar-refractivity contribution < 1.29 is 19.4 Å². The van der Waals surface area contributed by atoms with Crippen LogP contribution in [0.25, 0.3) is 0 Å². The zero-order chi connectivity index (χ0) is 14.5. The van der Waals surface area contributed by atoms with Crippen LogP contribution in [0.5, 0.6) is 0 Å². The Balaban J connectivity index is 1.81. The second-order valence-electron chi connectivity index (χ2n) is 5.69. The fourth-order valence-electron chi connectivity index (χ4n) is 3.25. The summed E-state index contributed by atoms with van der Waals surface area (Å²) in [5.74, 6) is -1.17. The summed E-state index contributed by atoms with van der Waals surface area (Å²) in [5, 5.41) is 15.3. The molecule has 0 aromatic heterocycles. The normalized spacial score (nSPS) is 33.2. The third-order valence-electron chi connectivity index (χ3n) is 4.40. The summed E-state index contributed by atoms with van der Waals surface area (Å²) in [4.78, 5) is 23.3. The molecule has 3 N–H and O–H groups in total. The molecule has 114 valence electrons. The molecule has 1 amide bonds. The highest BCUT2D eigenvalue weighted by molar-refractivity contribution is 5.80. The van der Waals surface area contributed by atoms with Gasteiger partial charge in [0.2, 0.25) is 5.91 Å². The molecule has 1 saturated carbocycles. The molecule has 0 bridgehead atoms. The third kappa shape index (κ3) is 3.49. The van der Waals surface area contributed by atoms with Crippen molar-refractivity contribution in [2.45, 2.75) is 32.2 Å². The summed E-state index contributed by atoms with van der Waals surface area (Å²) >= 11 is 0. The molecule has 0 aromatic carbocycles. The van der Waals surface area contributed by atoms with Gasteiger partial charge in [-0.05, 0) is 25.3 Å². The number of carboxylic acid groups (broad SMARTS) is 1. The van der Waals surface area contributed by atoms with Crippen molar-refractivity contribution in [3.8, 4) is 0 Å². The summed E-state index contributed by atoms with van der Waals surface area (Å²) in [6.07, 6.45) is 2.54. The molecule has 4 unspecified atom stereocenters. The summed E-state index contributed by atoms with van der Waals surface area (Å²) in [6.45, 7) is 4.28. The summed E-state index contributed by atoms with van der Waals surface area (Å²) in [5.41, 5.74) is 0. The number of aliphatic carboxylic acids is 1. The number of amides is 1. The highest BCUT2D eigenvalue weighted by atomic mass is 16.5. The van der Waals surface area contributed by atoms with Crippen LogP contribution >= 0.6 is 0 Å². The van der Waals surface area contributed by atoms with Gasteiger partial charge < -0.3 is 20.5 Å². The van der Waals surface area contributed by atoms with Gasteiger partial charge in [0.05, 0.1) is 25.0 Å². The number of ether oxygens (including phenoxy) is 1. The molecule has 1 aliphatic carbocycles. The molecule has 1 heterocycles. The summed E-state index contributed by atoms with van der Waals surface area (Å²) in [6, 6.07) is 0.0684. The molecule has 20 heavy (non-hydrogen) atoms. The molecule has 2 rings (SSSR count). The maximum Gasteiger partial charge on any atom is 0.306 e. The minimum Gasteiger partial charge on any atom is -0.481 e. The first kappa shape index (κ1) is 15.3. The quantitative estimate of drug-likeness (QED) is 0.650. The van der Waals surface area contributed by atoms with Gasteiger partial charge in [-0.3, -0.25) is 9.59 Å². The lowest BCUT2D eigenvalue weighted by Gasteiger charge is -2.20. The van der Waals surface area contributed by atoms with Crippen LogP contribution < -0.4 is 10.6 Å². The van der Waals surface area contributed by atoms with Crippen molar-refractivity contribution in [2.24, 2.45) is 17.8 Å². The Kier molecular flexibility index (Phi) is 5.37. The van der Waals surface area contributed by atoms with E-state index in [2.05, 4.69) is 10.6 Å². The van der Waals surface area contributed by atoms with Gasteiger partial charge in [-0.2, -0.15) is 0 Å². The summed E-state index contributed by atoms with van der Waals surface area (Å²) < 4.78 is 5.36. The van der Waals surface area contributed by atoms with Crippen LogP contribution in [0.1, 0.15) is 26.2 Å². The van der Waals surface area contributed by atoms with E-state index in [1.807, 2.05) is 6.92 Å². The molecule has 0 aromatic rings. The van der Waals surface area contributed by atoms with Gasteiger partial charge in [0.1, 0.15) is 0 Å². The lowest BCUT2D eigenvalue weighted by atomic mass is 9.95. The highest BCUT2D eigenvalue weighted by Crippen LogP contribution is 2.31. The van der Waals surface area contributed by atoms with Crippen LogP contribution in [0.4, 0.5) is 0 Å². The van der Waals surface area contributed by atoms with E-state index < -0.39 is 5.97 Å². The maximum absolute atomic E-state index is 12.2. The maximum atomic E-state index is 12.2. The second-order valence-corrected chi connectivity index (χ2v) is 5.69. The molecular weight excluding hydrogens is 260 g/mol. The van der Waals surface area contributed by atoms with Crippen molar-refractivity contribution >= 4 is 11.9 Å². The zero-order valence-electron chi connectivity index (χ0n) is 11.9. The number of carbonyl (C=O) groups excluding carboxylic acids is 1. The van der Waals surface area contributed by atoms with Crippen molar-refractivity contribution in [2.75, 3.05) is 26.3 Å². The molecule has 1 aliphatic heterocycles. The zero-order valence-corrected chi connectivity index (χ0v) is 11.9. The standard InChI is InChI=1S/C14H24N2O4/c1-2-15-12-8-20-7-11(12)13(17)16-6-9-4-3-5-10(9)14(18)19/h9-12,15H,2-8H2,1H3,(H,16,17)(H,18,19). The Morgan fingerprint density at radius 2 is 2.05 bits per heavy atom. The van der Waals surface area contributed by atoms with E-state index in [0.717, 1.165) is 25.8 Å². The number of nitrogens with one attached hydrogen (secondary N) is 2. The van der Waals surface area contributed by atoms with Crippen molar-refractivity contribution in [3.05, 3.63) is 0 Å². The minimum absolute atomic E-state index is 0.0236. The predicted octanol–water partition coefficient (Wildman–Crippen LogP) is 0.228. The molecule has 0 radical (unpaired) electrons. The van der Waals surface area contributed by atoms with Gasteiger partial charge >= 0.3 is 5.97 Å². The number of hydrogen-bond donors (Lipinski definition) is 3. The van der Waals surface area contributed by atoms with Crippen molar-refractivity contribution in [1.82, 2.24) is 10.6 Å². The average Bonchev–Trinajstić information content (AvgIpc) is 3.04. The van der Waals surface area contributed by atoms with Gasteiger partial charge in [-0.15, -0.1) is 0 Å². The molecule has 2 aliphatic rings. The molecule has 1 saturated heterocycles. The fraction of sp³-hybridized carbons (Fsp3) is 0.857. The molecule has 0 spiro atoms. The minimum atomic E-state index is -0.739. The van der Waals surface area contributed by atoms with E-state index in [4.69, 9.17) is 9.84 Å². The number of hydrogen-bond acceptors (Lipinski definition) is 4. The molecule has 6 nitrogen and oxygen atoms in total. The number of carboxylic acids is 1. The number of likely N-dealkylation sites (N-methyl/N-ethyl adjacent to an activating group) is 1. The Bertz CT molecular complexity index is 361. The van der Waals surface area contributed by atoms with E-state index in [1.54, 1.807) is 0 Å². The predicted molar refractivity (Wildman–Crippen MR) is 73.3 cm³/mol. The molecule has 6 heteroatoms. The Labute approximate surface area is 119 Å². The first-order valence-corrected chi connectivity index (χ1v) is 7.45. The topological polar surface area (TPSA) is 87.7 Å². The van der Waals surface area contributed by atoms with Gasteiger partial charge in [0.25, 0.3) is 0 Å². The summed E-state index contributed by atoms with van der Waals surface area (Å²) in [7, 11) is 0. The van der Waals surface area contributed by atoms with E-state index >= 15 is 0 Å². The molecule has 4 atom stereocenters. The van der Waals surface area contributed by atoms with Crippen LogP contribution in [0, 0.1) is 17.8 Å². The van der Waals surface area contributed by atoms with Gasteiger partial charge in [0, 0.05) is 12.6 Å². The Morgan fingerprint density at radius 3 is 2.75 bits per heavy atom. The molecule has 2 fully saturated rings. The fourth-order valence-corrected chi connectivity index (χ4v) is 3.25. The van der Waals surface area contributed by atoms with E-state index in [0.29, 0.717) is 19.8 Å². The SMILES string of the molecule is CCNC1COCC1C(=O)NCC1CCCC1C(=O)O. The smallest absolute Gasteiger partial charge is 0.306 e.